The van der Waals surface area contributed by atoms with E-state index >= 15 is 0 Å². The average molecular weight is 358 g/mol. The zero-order chi connectivity index (χ0) is 17.5. The first-order valence-electron chi connectivity index (χ1n) is 9.08. The van der Waals surface area contributed by atoms with Gasteiger partial charge in [0.1, 0.15) is 43.9 Å². The molecule has 138 valence electrons. The SMILES string of the molecule is Cc1c(OCC2CO2)c(OCC2CO2)c2ccccc2c1OCC1CO1. The second-order valence-electron chi connectivity index (χ2n) is 6.96. The van der Waals surface area contributed by atoms with Gasteiger partial charge in [-0.2, -0.15) is 0 Å². The minimum atomic E-state index is 0.171. The first kappa shape index (κ1) is 16.2. The lowest BCUT2D eigenvalue weighted by atomic mass is 10.0. The minimum Gasteiger partial charge on any atom is -0.490 e. The van der Waals surface area contributed by atoms with Gasteiger partial charge in [0.25, 0.3) is 0 Å². The van der Waals surface area contributed by atoms with Crippen LogP contribution in [0.15, 0.2) is 24.3 Å². The molecule has 0 saturated carbocycles. The minimum absolute atomic E-state index is 0.171. The molecule has 3 heterocycles. The molecule has 3 fully saturated rings. The molecule has 0 aliphatic carbocycles. The fourth-order valence-electron chi connectivity index (χ4n) is 3.00. The standard InChI is InChI=1S/C20H22O6/c1-12-18(24-9-13-6-21-13)16-4-2-3-5-17(16)20(26-11-15-8-23-15)19(12)25-10-14-7-22-14/h2-5,13-15H,6-11H2,1H3. The van der Waals surface area contributed by atoms with E-state index in [0.717, 1.165) is 53.4 Å². The molecule has 0 aromatic heterocycles. The van der Waals surface area contributed by atoms with E-state index in [2.05, 4.69) is 6.07 Å². The van der Waals surface area contributed by atoms with Gasteiger partial charge in [-0.15, -0.1) is 0 Å². The number of fused-ring (bicyclic) bond motifs is 1. The summed E-state index contributed by atoms with van der Waals surface area (Å²) >= 11 is 0. The zero-order valence-electron chi connectivity index (χ0n) is 14.7. The van der Waals surface area contributed by atoms with Gasteiger partial charge in [-0.1, -0.05) is 24.3 Å². The molecule has 6 heteroatoms. The quantitative estimate of drug-likeness (QED) is 0.642. The van der Waals surface area contributed by atoms with Crippen LogP contribution in [0.2, 0.25) is 0 Å². The lowest BCUT2D eigenvalue weighted by Gasteiger charge is -2.20. The van der Waals surface area contributed by atoms with Crippen molar-refractivity contribution < 1.29 is 28.4 Å². The van der Waals surface area contributed by atoms with Crippen molar-refractivity contribution >= 4 is 10.8 Å². The van der Waals surface area contributed by atoms with E-state index in [-0.39, 0.29) is 18.3 Å². The summed E-state index contributed by atoms with van der Waals surface area (Å²) in [7, 11) is 0. The zero-order valence-corrected chi connectivity index (χ0v) is 14.7. The smallest absolute Gasteiger partial charge is 0.169 e. The molecule has 0 amide bonds. The molecule has 6 nitrogen and oxygen atoms in total. The Kier molecular flexibility index (Phi) is 4.11. The van der Waals surface area contributed by atoms with Crippen molar-refractivity contribution in [1.29, 1.82) is 0 Å². The largest absolute Gasteiger partial charge is 0.490 e. The fourth-order valence-corrected chi connectivity index (χ4v) is 3.00. The van der Waals surface area contributed by atoms with E-state index < -0.39 is 0 Å². The van der Waals surface area contributed by atoms with E-state index in [1.165, 1.54) is 0 Å². The van der Waals surface area contributed by atoms with Crippen LogP contribution in [0.1, 0.15) is 5.56 Å². The van der Waals surface area contributed by atoms with E-state index in [4.69, 9.17) is 28.4 Å². The van der Waals surface area contributed by atoms with Crippen LogP contribution in [0.4, 0.5) is 0 Å². The van der Waals surface area contributed by atoms with Crippen molar-refractivity contribution in [2.75, 3.05) is 39.6 Å². The molecule has 3 aliphatic rings. The van der Waals surface area contributed by atoms with Crippen LogP contribution < -0.4 is 14.2 Å². The van der Waals surface area contributed by atoms with Crippen molar-refractivity contribution in [3.8, 4) is 17.2 Å². The lowest BCUT2D eigenvalue weighted by molar-refractivity contribution is 0.226. The van der Waals surface area contributed by atoms with Crippen molar-refractivity contribution in [2.45, 2.75) is 25.2 Å². The molecule has 0 N–H and O–H groups in total. The number of hydrogen-bond donors (Lipinski definition) is 0. The van der Waals surface area contributed by atoms with E-state index in [1.54, 1.807) is 0 Å². The maximum absolute atomic E-state index is 6.13. The summed E-state index contributed by atoms with van der Waals surface area (Å²) in [5.74, 6) is 2.31. The second kappa shape index (κ2) is 6.61. The van der Waals surface area contributed by atoms with Gasteiger partial charge in [0, 0.05) is 16.3 Å². The highest BCUT2D eigenvalue weighted by Gasteiger charge is 2.29. The van der Waals surface area contributed by atoms with E-state index in [1.807, 2.05) is 25.1 Å². The Morgan fingerprint density at radius 3 is 1.65 bits per heavy atom. The Labute approximate surface area is 151 Å². The Balaban J connectivity index is 1.54. The van der Waals surface area contributed by atoms with Crippen LogP contribution in [0.25, 0.3) is 10.8 Å². The van der Waals surface area contributed by atoms with Gasteiger partial charge in [-0.05, 0) is 6.92 Å². The summed E-state index contributed by atoms with van der Waals surface area (Å²) in [5, 5.41) is 2.00. The van der Waals surface area contributed by atoms with Crippen LogP contribution >= 0.6 is 0 Å². The van der Waals surface area contributed by atoms with Gasteiger partial charge < -0.3 is 28.4 Å². The number of ether oxygens (including phenoxy) is 6. The third-order valence-corrected chi connectivity index (χ3v) is 4.75. The highest BCUT2D eigenvalue weighted by molar-refractivity contribution is 5.97. The molecule has 2 aromatic rings. The van der Waals surface area contributed by atoms with Crippen LogP contribution in [0.5, 0.6) is 17.2 Å². The second-order valence-corrected chi connectivity index (χ2v) is 6.96. The van der Waals surface area contributed by atoms with Gasteiger partial charge >= 0.3 is 0 Å². The van der Waals surface area contributed by atoms with Crippen LogP contribution in [-0.2, 0) is 14.2 Å². The first-order chi connectivity index (χ1) is 12.8. The normalized spacial score (nSPS) is 25.8. The molecule has 0 bridgehead atoms. The molecule has 3 aliphatic heterocycles. The summed E-state index contributed by atoms with van der Waals surface area (Å²) < 4.78 is 34.2. The summed E-state index contributed by atoms with van der Waals surface area (Å²) in [4.78, 5) is 0. The maximum atomic E-state index is 6.13. The topological polar surface area (TPSA) is 65.3 Å². The predicted molar refractivity (Wildman–Crippen MR) is 94.4 cm³/mol. The first-order valence-corrected chi connectivity index (χ1v) is 9.08. The monoisotopic (exact) mass is 358 g/mol. The number of benzene rings is 2. The molecule has 2 aromatic carbocycles. The van der Waals surface area contributed by atoms with Gasteiger partial charge in [0.05, 0.1) is 19.8 Å². The van der Waals surface area contributed by atoms with Crippen molar-refractivity contribution in [2.24, 2.45) is 0 Å². The van der Waals surface area contributed by atoms with Crippen molar-refractivity contribution in [3.63, 3.8) is 0 Å². The van der Waals surface area contributed by atoms with Gasteiger partial charge in [-0.25, -0.2) is 0 Å². The number of rotatable bonds is 9. The molecule has 0 spiro atoms. The van der Waals surface area contributed by atoms with Gasteiger partial charge in [0.2, 0.25) is 0 Å². The number of epoxide rings is 3. The Morgan fingerprint density at radius 1 is 0.731 bits per heavy atom. The van der Waals surface area contributed by atoms with Gasteiger partial charge in [0.15, 0.2) is 11.5 Å². The predicted octanol–water partition coefficient (Wildman–Crippen LogP) is 2.48. The fraction of sp³-hybridized carbons (Fsp3) is 0.500. The highest BCUT2D eigenvalue weighted by atomic mass is 16.6. The summed E-state index contributed by atoms with van der Waals surface area (Å²) in [6.45, 7) is 5.87. The maximum Gasteiger partial charge on any atom is 0.169 e. The van der Waals surface area contributed by atoms with E-state index in [0.29, 0.717) is 19.8 Å². The molecule has 3 unspecified atom stereocenters. The summed E-state index contributed by atoms with van der Waals surface area (Å²) in [6, 6.07) is 8.10. The molecule has 5 rings (SSSR count). The van der Waals surface area contributed by atoms with E-state index in [9.17, 15) is 0 Å². The van der Waals surface area contributed by atoms with Gasteiger partial charge in [-0.3, -0.25) is 0 Å². The molecular weight excluding hydrogens is 336 g/mol. The molecule has 26 heavy (non-hydrogen) atoms. The highest BCUT2D eigenvalue weighted by Crippen LogP contribution is 2.46. The average Bonchev–Trinajstić information content (AvgIpc) is 3.51. The molecule has 3 atom stereocenters. The van der Waals surface area contributed by atoms with Crippen molar-refractivity contribution in [1.82, 2.24) is 0 Å². The Bertz CT molecular complexity index is 808. The third kappa shape index (κ3) is 3.45. The third-order valence-electron chi connectivity index (χ3n) is 4.75. The summed E-state index contributed by atoms with van der Waals surface area (Å²) in [6.07, 6.45) is 0.543. The van der Waals surface area contributed by atoms with Crippen LogP contribution in [0.3, 0.4) is 0 Å². The number of hydrogen-bond acceptors (Lipinski definition) is 6. The molecular formula is C20H22O6. The Morgan fingerprint density at radius 2 is 1.15 bits per heavy atom. The molecule has 3 saturated heterocycles. The van der Waals surface area contributed by atoms with Crippen molar-refractivity contribution in [3.05, 3.63) is 29.8 Å². The van der Waals surface area contributed by atoms with Crippen LogP contribution in [0, 0.1) is 6.92 Å². The summed E-state index contributed by atoms with van der Waals surface area (Å²) in [5.41, 5.74) is 0.941. The van der Waals surface area contributed by atoms with Crippen LogP contribution in [-0.4, -0.2) is 58.0 Å². The lowest BCUT2D eigenvalue weighted by Crippen LogP contribution is -2.12. The molecule has 0 radical (unpaired) electrons. The Hall–Kier alpha value is -2.02.